The number of aliphatic imine (C=N–C) groups is 1. The normalized spacial score (nSPS) is 15.8. The minimum atomic E-state index is -0.989. The predicted molar refractivity (Wildman–Crippen MR) is 135 cm³/mol. The molecule has 0 radical (unpaired) electrons. The fourth-order valence-electron chi connectivity index (χ4n) is 3.32. The molecule has 172 valence electrons. The lowest BCUT2D eigenvalue weighted by molar-refractivity contribution is -0.122. The molecule has 6 nitrogen and oxygen atoms in total. The Labute approximate surface area is 202 Å². The first-order valence-electron chi connectivity index (χ1n) is 10.8. The van der Waals surface area contributed by atoms with Gasteiger partial charge < -0.3 is 9.84 Å². The molecule has 34 heavy (non-hydrogen) atoms. The summed E-state index contributed by atoms with van der Waals surface area (Å²) in [5.41, 5.74) is 4.00. The molecular formula is C27H24N2O4S. The van der Waals surface area contributed by atoms with Gasteiger partial charge in [-0.15, -0.1) is 0 Å². The van der Waals surface area contributed by atoms with Gasteiger partial charge in [0.1, 0.15) is 12.4 Å². The van der Waals surface area contributed by atoms with Gasteiger partial charge in [0.2, 0.25) is 0 Å². The van der Waals surface area contributed by atoms with Crippen molar-refractivity contribution in [1.82, 2.24) is 4.90 Å². The smallest absolute Gasteiger partial charge is 0.335 e. The number of amides is 1. The monoisotopic (exact) mass is 472 g/mol. The molecule has 0 aliphatic carbocycles. The maximum Gasteiger partial charge on any atom is 0.335 e. The van der Waals surface area contributed by atoms with E-state index in [0.717, 1.165) is 16.9 Å². The number of carboxylic acid groups (broad SMARTS) is 1. The van der Waals surface area contributed by atoms with Crippen LogP contribution in [-0.4, -0.2) is 33.6 Å². The summed E-state index contributed by atoms with van der Waals surface area (Å²) in [7, 11) is 0. The number of rotatable bonds is 7. The predicted octanol–water partition coefficient (Wildman–Crippen LogP) is 5.90. The average Bonchev–Trinajstić information content (AvgIpc) is 3.13. The highest BCUT2D eigenvalue weighted by atomic mass is 32.2. The van der Waals surface area contributed by atoms with E-state index in [9.17, 15) is 9.59 Å². The van der Waals surface area contributed by atoms with Gasteiger partial charge in [-0.3, -0.25) is 9.69 Å². The Hall–Kier alpha value is -3.84. The number of carbonyl (C=O) groups excluding carboxylic acids is 1. The van der Waals surface area contributed by atoms with Crippen molar-refractivity contribution in [3.63, 3.8) is 0 Å². The van der Waals surface area contributed by atoms with Crippen molar-refractivity contribution >= 4 is 40.6 Å². The van der Waals surface area contributed by atoms with Gasteiger partial charge in [-0.1, -0.05) is 42.0 Å². The van der Waals surface area contributed by atoms with Crippen LogP contribution in [0.1, 0.15) is 34.0 Å². The zero-order valence-corrected chi connectivity index (χ0v) is 19.7. The van der Waals surface area contributed by atoms with Crippen LogP contribution in [0.15, 0.2) is 82.7 Å². The maximum absolute atomic E-state index is 12.9. The maximum atomic E-state index is 12.9. The highest BCUT2D eigenvalue weighted by Gasteiger charge is 2.32. The lowest BCUT2D eigenvalue weighted by Gasteiger charge is -2.12. The number of nitrogens with zero attached hydrogens (tertiary/aromatic N) is 2. The van der Waals surface area contributed by atoms with Gasteiger partial charge in [0.25, 0.3) is 5.91 Å². The summed E-state index contributed by atoms with van der Waals surface area (Å²) < 4.78 is 5.86. The van der Waals surface area contributed by atoms with Crippen LogP contribution < -0.4 is 4.74 Å². The number of likely N-dealkylation sites (N-methyl/N-ethyl adjacent to an activating group) is 1. The fourth-order valence-corrected chi connectivity index (χ4v) is 4.38. The molecule has 1 amide bonds. The molecule has 3 aromatic rings. The van der Waals surface area contributed by atoms with E-state index in [1.807, 2.05) is 37.3 Å². The third-order valence-corrected chi connectivity index (χ3v) is 6.25. The van der Waals surface area contributed by atoms with Crippen molar-refractivity contribution in [1.29, 1.82) is 0 Å². The molecule has 0 saturated carbocycles. The Morgan fingerprint density at radius 2 is 1.71 bits per heavy atom. The number of hydrogen-bond donors (Lipinski definition) is 1. The van der Waals surface area contributed by atoms with Gasteiger partial charge >= 0.3 is 5.97 Å². The first-order chi connectivity index (χ1) is 16.4. The zero-order valence-electron chi connectivity index (χ0n) is 18.9. The number of carboxylic acids is 1. The van der Waals surface area contributed by atoms with E-state index in [1.165, 1.54) is 29.5 Å². The number of ether oxygens (including phenoxy) is 1. The molecule has 1 aliphatic heterocycles. The molecule has 1 aliphatic rings. The molecule has 1 fully saturated rings. The zero-order chi connectivity index (χ0) is 24.1. The van der Waals surface area contributed by atoms with Crippen molar-refractivity contribution in [3.05, 3.63) is 100.0 Å². The minimum absolute atomic E-state index is 0.104. The summed E-state index contributed by atoms with van der Waals surface area (Å²) in [4.78, 5) is 30.7. The standard InChI is InChI=1S/C27H24N2O4S/c1-3-29-25(30)24(34-27(29)28-22-12-10-21(11-13-22)26(31)32)16-19-8-14-23(15-9-19)33-17-20-6-4-18(2)5-7-20/h4-16H,3,17H2,1-2H3,(H,31,32)/b24-16+,28-27?. The highest BCUT2D eigenvalue weighted by molar-refractivity contribution is 8.18. The van der Waals surface area contributed by atoms with Gasteiger partial charge in [0.15, 0.2) is 5.17 Å². The number of benzene rings is 3. The van der Waals surface area contributed by atoms with E-state index >= 15 is 0 Å². The van der Waals surface area contributed by atoms with E-state index in [1.54, 1.807) is 17.0 Å². The van der Waals surface area contributed by atoms with Crippen molar-refractivity contribution in [3.8, 4) is 5.75 Å². The number of aryl methyl sites for hydroxylation is 1. The topological polar surface area (TPSA) is 79.2 Å². The Morgan fingerprint density at radius 1 is 1.03 bits per heavy atom. The number of thioether (sulfide) groups is 1. The molecular weight excluding hydrogens is 448 g/mol. The minimum Gasteiger partial charge on any atom is -0.489 e. The lowest BCUT2D eigenvalue weighted by Crippen LogP contribution is -2.28. The van der Waals surface area contributed by atoms with Crippen LogP contribution in [0.2, 0.25) is 0 Å². The summed E-state index contributed by atoms with van der Waals surface area (Å²) in [5, 5.41) is 9.62. The first-order valence-corrected chi connectivity index (χ1v) is 11.7. The largest absolute Gasteiger partial charge is 0.489 e. The number of amidine groups is 1. The third-order valence-electron chi connectivity index (χ3n) is 5.25. The molecule has 0 bridgehead atoms. The van der Waals surface area contributed by atoms with Crippen LogP contribution >= 0.6 is 11.8 Å². The van der Waals surface area contributed by atoms with Crippen molar-refractivity contribution in [2.75, 3.05) is 6.54 Å². The molecule has 0 aromatic heterocycles. The number of carbonyl (C=O) groups is 2. The van der Waals surface area contributed by atoms with Gasteiger partial charge in [-0.25, -0.2) is 9.79 Å². The molecule has 1 saturated heterocycles. The molecule has 0 spiro atoms. The summed E-state index contributed by atoms with van der Waals surface area (Å²) in [6, 6.07) is 22.1. The lowest BCUT2D eigenvalue weighted by atomic mass is 10.1. The SMILES string of the molecule is CCN1C(=O)/C(=C\c2ccc(OCc3ccc(C)cc3)cc2)SC1=Nc1ccc(C(=O)O)cc1. The second-order valence-electron chi connectivity index (χ2n) is 7.75. The molecule has 1 heterocycles. The molecule has 0 atom stereocenters. The van der Waals surface area contributed by atoms with E-state index in [0.29, 0.717) is 28.9 Å². The van der Waals surface area contributed by atoms with E-state index < -0.39 is 5.97 Å². The van der Waals surface area contributed by atoms with Crippen LogP contribution in [0.25, 0.3) is 6.08 Å². The highest BCUT2D eigenvalue weighted by Crippen LogP contribution is 2.34. The second kappa shape index (κ2) is 10.4. The van der Waals surface area contributed by atoms with Gasteiger partial charge in [0.05, 0.1) is 16.2 Å². The molecule has 0 unspecified atom stereocenters. The number of aromatic carboxylic acids is 1. The summed E-state index contributed by atoms with van der Waals surface area (Å²) in [6.07, 6.45) is 1.84. The van der Waals surface area contributed by atoms with Crippen LogP contribution in [0.5, 0.6) is 5.75 Å². The second-order valence-corrected chi connectivity index (χ2v) is 8.76. The Morgan fingerprint density at radius 3 is 2.32 bits per heavy atom. The van der Waals surface area contributed by atoms with Gasteiger partial charge in [0, 0.05) is 6.54 Å². The summed E-state index contributed by atoms with van der Waals surface area (Å²) in [6.45, 7) is 4.93. The first kappa shape index (κ1) is 23.3. The van der Waals surface area contributed by atoms with Crippen LogP contribution in [0.3, 0.4) is 0 Å². The van der Waals surface area contributed by atoms with Gasteiger partial charge in [-0.2, -0.15) is 0 Å². The van der Waals surface area contributed by atoms with E-state index in [2.05, 4.69) is 36.2 Å². The van der Waals surface area contributed by atoms with Crippen molar-refractivity contribution in [2.45, 2.75) is 20.5 Å². The van der Waals surface area contributed by atoms with Crippen LogP contribution in [0, 0.1) is 6.92 Å². The molecule has 7 heteroatoms. The van der Waals surface area contributed by atoms with Crippen molar-refractivity contribution in [2.24, 2.45) is 4.99 Å². The third kappa shape index (κ3) is 5.55. The summed E-state index contributed by atoms with van der Waals surface area (Å²) in [5.74, 6) is -0.333. The quantitative estimate of drug-likeness (QED) is 0.433. The van der Waals surface area contributed by atoms with Crippen LogP contribution in [0.4, 0.5) is 5.69 Å². The van der Waals surface area contributed by atoms with E-state index in [-0.39, 0.29) is 11.5 Å². The molecule has 4 rings (SSSR count). The van der Waals surface area contributed by atoms with E-state index in [4.69, 9.17) is 9.84 Å². The fraction of sp³-hybridized carbons (Fsp3) is 0.148. The summed E-state index contributed by atoms with van der Waals surface area (Å²) >= 11 is 1.30. The van der Waals surface area contributed by atoms with Crippen molar-refractivity contribution < 1.29 is 19.4 Å². The average molecular weight is 473 g/mol. The number of hydrogen-bond acceptors (Lipinski definition) is 5. The Bertz CT molecular complexity index is 1250. The van der Waals surface area contributed by atoms with Crippen LogP contribution in [-0.2, 0) is 11.4 Å². The Balaban J connectivity index is 1.46. The molecule has 1 N–H and O–H groups in total. The van der Waals surface area contributed by atoms with Gasteiger partial charge in [-0.05, 0) is 79.2 Å². The Kier molecular flexibility index (Phi) is 7.13. The molecule has 3 aromatic carbocycles.